The molecule has 1 fully saturated rings. The van der Waals surface area contributed by atoms with E-state index in [1.54, 1.807) is 0 Å². The Bertz CT molecular complexity index is 1210. The Morgan fingerprint density at radius 2 is 1.71 bits per heavy atom. The number of aliphatic carboxylic acids is 1. The second-order valence-corrected chi connectivity index (χ2v) is 8.48. The molecule has 2 aliphatic rings. The average molecular weight is 461 g/mol. The highest BCUT2D eigenvalue weighted by Gasteiger charge is 2.32. The molecular weight excluding hydrogens is 438 g/mol. The lowest BCUT2D eigenvalue weighted by Crippen LogP contribution is -2.34. The quantitative estimate of drug-likeness (QED) is 0.441. The zero-order chi connectivity index (χ0) is 23.7. The molecule has 10 heteroatoms. The molecule has 2 aromatic carbocycles. The molecule has 0 bridgehead atoms. The number of H-pyrrole nitrogens is 1. The van der Waals surface area contributed by atoms with Gasteiger partial charge in [0.1, 0.15) is 6.61 Å². The lowest BCUT2D eigenvalue weighted by molar-refractivity contribution is -0.141. The molecule has 0 saturated heterocycles. The Kier molecular flexibility index (Phi) is 5.70. The predicted octanol–water partition coefficient (Wildman–Crippen LogP) is 3.15. The summed E-state index contributed by atoms with van der Waals surface area (Å²) < 4.78 is 5.46. The molecule has 0 radical (unpaired) electrons. The fourth-order valence-corrected chi connectivity index (χ4v) is 4.74. The fourth-order valence-electron chi connectivity index (χ4n) is 4.74. The summed E-state index contributed by atoms with van der Waals surface area (Å²) in [5.74, 6) is -2.06. The number of amides is 2. The van der Waals surface area contributed by atoms with Crippen LogP contribution in [0.3, 0.4) is 0 Å². The standard InChI is InChI=1S/C24H23N5O5/c30-21(25-14-10-9-13(11-14)22(31)32)20-26-23(29-28-20)27-24(33)34-12-19-17-7-3-1-5-15(17)16-6-2-4-8-18(16)19/h1-8,13-14,19H,9-12H2,(H,25,30)(H,31,32)(H2,26,27,28,29,33). The average Bonchev–Trinajstić information content (AvgIpc) is 3.56. The lowest BCUT2D eigenvalue weighted by atomic mass is 9.98. The van der Waals surface area contributed by atoms with E-state index in [0.717, 1.165) is 22.3 Å². The van der Waals surface area contributed by atoms with Crippen molar-refractivity contribution in [3.8, 4) is 11.1 Å². The number of nitrogens with zero attached hydrogens (tertiary/aromatic N) is 2. The molecule has 5 rings (SSSR count). The van der Waals surface area contributed by atoms with E-state index in [9.17, 15) is 14.4 Å². The zero-order valence-corrected chi connectivity index (χ0v) is 18.2. The minimum absolute atomic E-state index is 0.0762. The number of anilines is 1. The van der Waals surface area contributed by atoms with Crippen LogP contribution in [0.15, 0.2) is 48.5 Å². The van der Waals surface area contributed by atoms with Gasteiger partial charge in [0, 0.05) is 12.0 Å². The summed E-state index contributed by atoms with van der Waals surface area (Å²) in [6, 6.07) is 15.8. The highest BCUT2D eigenvalue weighted by molar-refractivity contribution is 5.91. The molecule has 4 N–H and O–H groups in total. The first-order chi connectivity index (χ1) is 16.5. The summed E-state index contributed by atoms with van der Waals surface area (Å²) in [5, 5.41) is 20.6. The number of hydrogen-bond donors (Lipinski definition) is 4. The molecule has 1 saturated carbocycles. The van der Waals surface area contributed by atoms with Gasteiger partial charge in [-0.25, -0.2) is 4.79 Å². The van der Waals surface area contributed by atoms with Crippen LogP contribution in [0.5, 0.6) is 0 Å². The first kappa shape index (κ1) is 21.6. The summed E-state index contributed by atoms with van der Waals surface area (Å²) in [4.78, 5) is 39.8. The number of nitrogens with one attached hydrogen (secondary N) is 3. The predicted molar refractivity (Wildman–Crippen MR) is 121 cm³/mol. The smallest absolute Gasteiger partial charge is 0.414 e. The molecule has 0 spiro atoms. The van der Waals surface area contributed by atoms with Crippen LogP contribution in [-0.4, -0.2) is 50.9 Å². The van der Waals surface area contributed by atoms with Crippen LogP contribution in [-0.2, 0) is 9.53 Å². The monoisotopic (exact) mass is 461 g/mol. The topological polar surface area (TPSA) is 146 Å². The van der Waals surface area contributed by atoms with Crippen LogP contribution in [0.25, 0.3) is 11.1 Å². The number of carboxylic acid groups (broad SMARTS) is 1. The van der Waals surface area contributed by atoms with Crippen molar-refractivity contribution in [2.45, 2.75) is 31.2 Å². The number of rotatable bonds is 6. The molecule has 2 unspecified atom stereocenters. The van der Waals surface area contributed by atoms with Crippen molar-refractivity contribution in [1.82, 2.24) is 20.5 Å². The van der Waals surface area contributed by atoms with Crippen molar-refractivity contribution in [3.63, 3.8) is 0 Å². The minimum atomic E-state index is -0.856. The second kappa shape index (κ2) is 8.97. The highest BCUT2D eigenvalue weighted by Crippen LogP contribution is 2.44. The van der Waals surface area contributed by atoms with Crippen LogP contribution in [0.4, 0.5) is 10.7 Å². The molecule has 2 aliphatic carbocycles. The van der Waals surface area contributed by atoms with E-state index in [1.165, 1.54) is 0 Å². The number of aromatic nitrogens is 3. The van der Waals surface area contributed by atoms with Gasteiger partial charge in [-0.05, 0) is 41.5 Å². The van der Waals surface area contributed by atoms with Gasteiger partial charge in [-0.15, -0.1) is 5.10 Å². The van der Waals surface area contributed by atoms with Crippen LogP contribution in [0.2, 0.25) is 0 Å². The molecule has 1 heterocycles. The maximum Gasteiger partial charge on any atom is 0.414 e. The van der Waals surface area contributed by atoms with E-state index in [-0.39, 0.29) is 30.3 Å². The van der Waals surface area contributed by atoms with Crippen LogP contribution >= 0.6 is 0 Å². The van der Waals surface area contributed by atoms with E-state index in [4.69, 9.17) is 9.84 Å². The van der Waals surface area contributed by atoms with E-state index in [0.29, 0.717) is 19.3 Å². The van der Waals surface area contributed by atoms with E-state index in [1.807, 2.05) is 36.4 Å². The van der Waals surface area contributed by atoms with Gasteiger partial charge in [-0.3, -0.25) is 20.0 Å². The lowest BCUT2D eigenvalue weighted by Gasteiger charge is -2.13. The Morgan fingerprint density at radius 3 is 2.35 bits per heavy atom. The summed E-state index contributed by atoms with van der Waals surface area (Å²) in [5.41, 5.74) is 4.47. The third-order valence-electron chi connectivity index (χ3n) is 6.38. The van der Waals surface area contributed by atoms with Crippen molar-refractivity contribution in [3.05, 3.63) is 65.5 Å². The van der Waals surface area contributed by atoms with E-state index in [2.05, 4.69) is 37.9 Å². The maximum absolute atomic E-state index is 12.4. The molecule has 2 amide bonds. The molecule has 3 aromatic rings. The van der Waals surface area contributed by atoms with Crippen LogP contribution in [0, 0.1) is 5.92 Å². The van der Waals surface area contributed by atoms with E-state index >= 15 is 0 Å². The number of fused-ring (bicyclic) bond motifs is 3. The van der Waals surface area contributed by atoms with Gasteiger partial charge in [0.15, 0.2) is 0 Å². The first-order valence-electron chi connectivity index (χ1n) is 11.1. The Morgan fingerprint density at radius 1 is 1.03 bits per heavy atom. The summed E-state index contributed by atoms with van der Waals surface area (Å²) in [6.45, 7) is 0.143. The molecular formula is C24H23N5O5. The van der Waals surface area contributed by atoms with Gasteiger partial charge in [0.2, 0.25) is 5.82 Å². The minimum Gasteiger partial charge on any atom is -0.481 e. The van der Waals surface area contributed by atoms with Crippen molar-refractivity contribution in [2.24, 2.45) is 5.92 Å². The molecule has 10 nitrogen and oxygen atoms in total. The summed E-state index contributed by atoms with van der Waals surface area (Å²) in [6.07, 6.45) is 0.750. The number of carbonyl (C=O) groups is 3. The highest BCUT2D eigenvalue weighted by atomic mass is 16.5. The zero-order valence-electron chi connectivity index (χ0n) is 18.2. The molecule has 174 valence electrons. The van der Waals surface area contributed by atoms with Gasteiger partial charge in [0.25, 0.3) is 11.9 Å². The normalized spacial score (nSPS) is 18.7. The molecule has 34 heavy (non-hydrogen) atoms. The third kappa shape index (κ3) is 4.21. The number of ether oxygens (including phenoxy) is 1. The Balaban J connectivity index is 1.17. The summed E-state index contributed by atoms with van der Waals surface area (Å²) in [7, 11) is 0. The van der Waals surface area contributed by atoms with Gasteiger partial charge < -0.3 is 15.2 Å². The Labute approximate surface area is 194 Å². The second-order valence-electron chi connectivity index (χ2n) is 8.48. The fraction of sp³-hybridized carbons (Fsp3) is 0.292. The van der Waals surface area contributed by atoms with Crippen molar-refractivity contribution in [2.75, 3.05) is 11.9 Å². The van der Waals surface area contributed by atoms with Gasteiger partial charge in [-0.1, -0.05) is 48.5 Å². The Hall–Kier alpha value is -4.21. The molecule has 0 aliphatic heterocycles. The number of hydrogen-bond acceptors (Lipinski definition) is 6. The number of carboxylic acids is 1. The first-order valence-corrected chi connectivity index (χ1v) is 11.1. The van der Waals surface area contributed by atoms with Crippen molar-refractivity contribution < 1.29 is 24.2 Å². The van der Waals surface area contributed by atoms with Gasteiger partial charge in [0.05, 0.1) is 5.92 Å². The van der Waals surface area contributed by atoms with Gasteiger partial charge >= 0.3 is 12.1 Å². The van der Waals surface area contributed by atoms with Crippen molar-refractivity contribution >= 4 is 23.9 Å². The van der Waals surface area contributed by atoms with Crippen LogP contribution < -0.4 is 10.6 Å². The summed E-state index contributed by atoms with van der Waals surface area (Å²) >= 11 is 0. The molecule has 2 atom stereocenters. The SMILES string of the molecule is O=C(Nc1n[nH]c(C(=O)NC2CCC(C(=O)O)C2)n1)OCC1c2ccccc2-c2ccccc21. The van der Waals surface area contributed by atoms with Crippen LogP contribution in [0.1, 0.15) is 46.9 Å². The van der Waals surface area contributed by atoms with E-state index < -0.39 is 23.9 Å². The largest absolute Gasteiger partial charge is 0.481 e. The number of carbonyl (C=O) groups excluding carboxylic acids is 2. The maximum atomic E-state index is 12.4. The van der Waals surface area contributed by atoms with Crippen molar-refractivity contribution in [1.29, 1.82) is 0 Å². The van der Waals surface area contributed by atoms with Gasteiger partial charge in [-0.2, -0.15) is 4.98 Å². The molecule has 1 aromatic heterocycles. The third-order valence-corrected chi connectivity index (χ3v) is 6.38. The number of aromatic amines is 1. The number of benzene rings is 2.